The molecule has 3 rings (SSSR count). The molecular weight excluding hydrogens is 390 g/mol. The molecule has 0 aliphatic rings. The van der Waals surface area contributed by atoms with Gasteiger partial charge in [-0.3, -0.25) is 9.78 Å². The lowest BCUT2D eigenvalue weighted by atomic mass is 10.1. The molecule has 0 aliphatic heterocycles. The molecule has 6 nitrogen and oxygen atoms in total. The monoisotopic (exact) mass is 419 g/mol. The van der Waals surface area contributed by atoms with Crippen molar-refractivity contribution in [1.82, 2.24) is 4.98 Å². The van der Waals surface area contributed by atoms with Crippen molar-refractivity contribution in [3.05, 3.63) is 78.1 Å². The van der Waals surface area contributed by atoms with Crippen LogP contribution in [0.5, 0.6) is 11.5 Å². The first-order chi connectivity index (χ1) is 15.0. The van der Waals surface area contributed by atoms with Crippen LogP contribution in [0.15, 0.2) is 67.0 Å². The van der Waals surface area contributed by atoms with E-state index in [4.69, 9.17) is 9.47 Å². The normalized spacial score (nSPS) is 10.6. The number of benzene rings is 2. The minimum atomic E-state index is -0.176. The average Bonchev–Trinajstić information content (AvgIpc) is 2.79. The Morgan fingerprint density at radius 1 is 1.03 bits per heavy atom. The van der Waals surface area contributed by atoms with Gasteiger partial charge in [0.25, 0.3) is 5.91 Å². The number of methoxy groups -OCH3 is 1. The molecule has 0 spiro atoms. The van der Waals surface area contributed by atoms with Gasteiger partial charge >= 0.3 is 0 Å². The van der Waals surface area contributed by atoms with Crippen LogP contribution in [0.1, 0.15) is 36.7 Å². The van der Waals surface area contributed by atoms with Crippen LogP contribution >= 0.6 is 0 Å². The van der Waals surface area contributed by atoms with Crippen molar-refractivity contribution in [2.24, 2.45) is 0 Å². The summed E-state index contributed by atoms with van der Waals surface area (Å²) in [6.07, 6.45) is 3.44. The van der Waals surface area contributed by atoms with Crippen molar-refractivity contribution in [1.29, 1.82) is 0 Å². The Balaban J connectivity index is 1.70. The first-order valence-corrected chi connectivity index (χ1v) is 10.4. The fourth-order valence-electron chi connectivity index (χ4n) is 3.36. The van der Waals surface area contributed by atoms with Crippen LogP contribution < -0.4 is 19.7 Å². The van der Waals surface area contributed by atoms with Gasteiger partial charge in [0, 0.05) is 48.0 Å². The van der Waals surface area contributed by atoms with Crippen molar-refractivity contribution in [3.63, 3.8) is 0 Å². The number of aromatic nitrogens is 1. The third-order valence-corrected chi connectivity index (χ3v) is 4.99. The lowest BCUT2D eigenvalue weighted by molar-refractivity contribution is 0.102. The molecule has 0 unspecified atom stereocenters. The Morgan fingerprint density at radius 3 is 2.35 bits per heavy atom. The molecule has 1 heterocycles. The average molecular weight is 420 g/mol. The Morgan fingerprint density at radius 2 is 1.74 bits per heavy atom. The van der Waals surface area contributed by atoms with Gasteiger partial charge in [0.1, 0.15) is 6.61 Å². The van der Waals surface area contributed by atoms with Crippen LogP contribution in [0.4, 0.5) is 11.4 Å². The SMILES string of the molecule is CCN(c1ccc(C(=O)Nc2ccc(OC)c(OCc3ccncc3)c2)cc1)C(C)C. The first-order valence-electron chi connectivity index (χ1n) is 10.4. The standard InChI is InChI=1S/C25H29N3O3/c1-5-28(18(2)3)22-9-6-20(7-10-22)25(29)27-21-8-11-23(30-4)24(16-21)31-17-19-12-14-26-15-13-19/h6-16,18H,5,17H2,1-4H3,(H,27,29). The number of hydrogen-bond donors (Lipinski definition) is 1. The second-order valence-electron chi connectivity index (χ2n) is 7.39. The third kappa shape index (κ3) is 5.75. The van der Waals surface area contributed by atoms with Crippen molar-refractivity contribution in [2.75, 3.05) is 23.9 Å². The summed E-state index contributed by atoms with van der Waals surface area (Å²) in [6.45, 7) is 7.72. The van der Waals surface area contributed by atoms with Gasteiger partial charge in [-0.1, -0.05) is 0 Å². The van der Waals surface area contributed by atoms with E-state index in [9.17, 15) is 4.79 Å². The highest BCUT2D eigenvalue weighted by Gasteiger charge is 2.12. The molecule has 3 aromatic rings. The zero-order chi connectivity index (χ0) is 22.2. The quantitative estimate of drug-likeness (QED) is 0.519. The fraction of sp³-hybridized carbons (Fsp3) is 0.280. The lowest BCUT2D eigenvalue weighted by Crippen LogP contribution is -2.30. The molecule has 0 aliphatic carbocycles. The van der Waals surface area contributed by atoms with E-state index in [-0.39, 0.29) is 5.91 Å². The highest BCUT2D eigenvalue weighted by atomic mass is 16.5. The molecule has 0 radical (unpaired) electrons. The van der Waals surface area contributed by atoms with E-state index in [1.165, 1.54) is 0 Å². The summed E-state index contributed by atoms with van der Waals surface area (Å²) in [5.74, 6) is 0.983. The number of rotatable bonds is 9. The topological polar surface area (TPSA) is 63.7 Å². The Labute approximate surface area is 183 Å². The van der Waals surface area contributed by atoms with E-state index < -0.39 is 0 Å². The summed E-state index contributed by atoms with van der Waals surface area (Å²) >= 11 is 0. The molecule has 1 N–H and O–H groups in total. The number of carbonyl (C=O) groups is 1. The molecule has 1 aromatic heterocycles. The van der Waals surface area contributed by atoms with Crippen LogP contribution in [0.2, 0.25) is 0 Å². The zero-order valence-electron chi connectivity index (χ0n) is 18.5. The molecule has 2 aromatic carbocycles. The highest BCUT2D eigenvalue weighted by Crippen LogP contribution is 2.31. The molecule has 0 saturated carbocycles. The summed E-state index contributed by atoms with van der Waals surface area (Å²) in [5.41, 5.74) is 3.33. The number of ether oxygens (including phenoxy) is 2. The van der Waals surface area contributed by atoms with Crippen LogP contribution in [0.3, 0.4) is 0 Å². The van der Waals surface area contributed by atoms with Gasteiger partial charge in [-0.05, 0) is 74.9 Å². The van der Waals surface area contributed by atoms with E-state index >= 15 is 0 Å². The van der Waals surface area contributed by atoms with Crippen LogP contribution in [-0.2, 0) is 6.61 Å². The van der Waals surface area contributed by atoms with E-state index in [0.717, 1.165) is 17.8 Å². The number of hydrogen-bond acceptors (Lipinski definition) is 5. The number of nitrogens with one attached hydrogen (secondary N) is 1. The van der Waals surface area contributed by atoms with Crippen molar-refractivity contribution < 1.29 is 14.3 Å². The molecule has 162 valence electrons. The molecule has 1 amide bonds. The third-order valence-electron chi connectivity index (χ3n) is 4.99. The summed E-state index contributed by atoms with van der Waals surface area (Å²) in [6, 6.07) is 17.2. The van der Waals surface area contributed by atoms with Gasteiger partial charge in [0.2, 0.25) is 0 Å². The maximum absolute atomic E-state index is 12.7. The van der Waals surface area contributed by atoms with E-state index in [1.54, 1.807) is 37.7 Å². The lowest BCUT2D eigenvalue weighted by Gasteiger charge is -2.27. The van der Waals surface area contributed by atoms with Crippen LogP contribution in [-0.4, -0.2) is 30.6 Å². The molecule has 0 atom stereocenters. The maximum atomic E-state index is 12.7. The zero-order valence-corrected chi connectivity index (χ0v) is 18.5. The van der Waals surface area contributed by atoms with Crippen molar-refractivity contribution in [2.45, 2.75) is 33.4 Å². The number of carbonyl (C=O) groups excluding carboxylic acids is 1. The summed E-state index contributed by atoms with van der Waals surface area (Å²) in [5, 5.41) is 2.94. The molecule has 6 heteroatoms. The summed E-state index contributed by atoms with van der Waals surface area (Å²) in [4.78, 5) is 19.0. The van der Waals surface area contributed by atoms with E-state index in [1.807, 2.05) is 36.4 Å². The van der Waals surface area contributed by atoms with Gasteiger partial charge < -0.3 is 19.7 Å². The fourth-order valence-corrected chi connectivity index (χ4v) is 3.36. The van der Waals surface area contributed by atoms with E-state index in [0.29, 0.717) is 35.4 Å². The Bertz CT molecular complexity index is 989. The second kappa shape index (κ2) is 10.5. The Kier molecular flexibility index (Phi) is 7.49. The van der Waals surface area contributed by atoms with Crippen LogP contribution in [0.25, 0.3) is 0 Å². The van der Waals surface area contributed by atoms with Crippen molar-refractivity contribution >= 4 is 17.3 Å². The summed E-state index contributed by atoms with van der Waals surface area (Å²) < 4.78 is 11.3. The molecule has 0 saturated heterocycles. The van der Waals surface area contributed by atoms with Gasteiger partial charge in [-0.25, -0.2) is 0 Å². The van der Waals surface area contributed by atoms with Gasteiger partial charge in [-0.2, -0.15) is 0 Å². The minimum absolute atomic E-state index is 0.176. The van der Waals surface area contributed by atoms with Crippen molar-refractivity contribution in [3.8, 4) is 11.5 Å². The van der Waals surface area contributed by atoms with Crippen LogP contribution in [0, 0.1) is 0 Å². The molecular formula is C25H29N3O3. The first kappa shape index (κ1) is 22.2. The smallest absolute Gasteiger partial charge is 0.255 e. The maximum Gasteiger partial charge on any atom is 0.255 e. The summed E-state index contributed by atoms with van der Waals surface area (Å²) in [7, 11) is 1.59. The predicted octanol–water partition coefficient (Wildman–Crippen LogP) is 5.16. The largest absolute Gasteiger partial charge is 0.493 e. The van der Waals surface area contributed by atoms with Gasteiger partial charge in [0.05, 0.1) is 7.11 Å². The minimum Gasteiger partial charge on any atom is -0.493 e. The highest BCUT2D eigenvalue weighted by molar-refractivity contribution is 6.04. The van der Waals surface area contributed by atoms with E-state index in [2.05, 4.69) is 36.0 Å². The number of pyridine rings is 1. The van der Waals surface area contributed by atoms with Gasteiger partial charge in [-0.15, -0.1) is 0 Å². The second-order valence-corrected chi connectivity index (χ2v) is 7.39. The number of anilines is 2. The number of nitrogens with zero attached hydrogens (tertiary/aromatic N) is 2. The Hall–Kier alpha value is -3.54. The van der Waals surface area contributed by atoms with Gasteiger partial charge in [0.15, 0.2) is 11.5 Å². The molecule has 0 fully saturated rings. The number of amides is 1. The molecule has 0 bridgehead atoms. The predicted molar refractivity (Wildman–Crippen MR) is 124 cm³/mol. The molecule has 31 heavy (non-hydrogen) atoms.